The third-order valence-corrected chi connectivity index (χ3v) is 0.975. The van der Waals surface area contributed by atoms with E-state index in [1.54, 1.807) is 0 Å². The van der Waals surface area contributed by atoms with Crippen LogP contribution in [-0.4, -0.2) is 35.8 Å². The van der Waals surface area contributed by atoms with Gasteiger partial charge < -0.3 is 21.4 Å². The smallest absolute Gasteiger partial charge is 0.140 e. The lowest BCUT2D eigenvalue weighted by atomic mass is 10.4. The van der Waals surface area contributed by atoms with E-state index in [-0.39, 0.29) is 12.4 Å². The van der Waals surface area contributed by atoms with E-state index in [0.717, 1.165) is 0 Å². The predicted octanol–water partition coefficient (Wildman–Crippen LogP) is -1.30. The normalized spacial score (nSPS) is 11.9. The Hall–Kier alpha value is -0.810. The van der Waals surface area contributed by atoms with Crippen molar-refractivity contribution in [3.05, 3.63) is 0 Å². The summed E-state index contributed by atoms with van der Waals surface area (Å²) in [7, 11) is 0. The Balaban J connectivity index is 3.04. The molecular formula is C5H13N3O2. The predicted molar refractivity (Wildman–Crippen MR) is 38.0 cm³/mol. The number of nitrogens with one attached hydrogen (secondary N) is 1. The summed E-state index contributed by atoms with van der Waals surface area (Å²) in [6.45, 7) is 1.27. The minimum Gasteiger partial charge on any atom is -0.409 e. The molecule has 10 heavy (non-hydrogen) atoms. The summed E-state index contributed by atoms with van der Waals surface area (Å²) < 4.78 is 0. The van der Waals surface area contributed by atoms with Crippen LogP contribution in [0, 0.1) is 0 Å². The van der Waals surface area contributed by atoms with Crippen molar-refractivity contribution in [2.45, 2.75) is 6.42 Å². The molecule has 0 unspecified atom stereocenters. The molecule has 5 N–H and O–H groups in total. The minimum atomic E-state index is 0.107. The van der Waals surface area contributed by atoms with Gasteiger partial charge in [0.2, 0.25) is 0 Å². The van der Waals surface area contributed by atoms with E-state index in [0.29, 0.717) is 19.5 Å². The van der Waals surface area contributed by atoms with Gasteiger partial charge in [-0.05, 0) is 0 Å². The van der Waals surface area contributed by atoms with Crippen molar-refractivity contribution in [2.24, 2.45) is 10.9 Å². The molecule has 0 fully saturated rings. The van der Waals surface area contributed by atoms with Gasteiger partial charge in [-0.1, -0.05) is 5.16 Å². The zero-order valence-electron chi connectivity index (χ0n) is 5.75. The van der Waals surface area contributed by atoms with Gasteiger partial charge in [0.1, 0.15) is 5.84 Å². The summed E-state index contributed by atoms with van der Waals surface area (Å²) in [6.07, 6.45) is 0.497. The average molecular weight is 147 g/mol. The molecule has 0 aromatic heterocycles. The van der Waals surface area contributed by atoms with Crippen molar-refractivity contribution >= 4 is 5.84 Å². The lowest BCUT2D eigenvalue weighted by Crippen LogP contribution is -2.24. The van der Waals surface area contributed by atoms with Crippen LogP contribution in [0.25, 0.3) is 0 Å². The standard InChI is InChI=1S/C5H13N3O2/c6-5(8-10)1-2-7-3-4-9/h7,9-10H,1-4H2,(H2,6,8). The second-order valence-electron chi connectivity index (χ2n) is 1.81. The lowest BCUT2D eigenvalue weighted by molar-refractivity contribution is 0.292. The molecule has 0 radical (unpaired) electrons. The monoisotopic (exact) mass is 147 g/mol. The van der Waals surface area contributed by atoms with Crippen LogP contribution >= 0.6 is 0 Å². The van der Waals surface area contributed by atoms with Crippen LogP contribution in [0.15, 0.2) is 5.16 Å². The molecule has 0 rings (SSSR count). The SMILES string of the molecule is N/C(CCNCCO)=N\O. The molecule has 0 spiro atoms. The molecule has 0 aliphatic heterocycles. The number of amidine groups is 1. The van der Waals surface area contributed by atoms with Gasteiger partial charge in [0, 0.05) is 19.5 Å². The van der Waals surface area contributed by atoms with E-state index in [1.165, 1.54) is 0 Å². The maximum atomic E-state index is 8.32. The lowest BCUT2D eigenvalue weighted by Gasteiger charge is -1.99. The highest BCUT2D eigenvalue weighted by Crippen LogP contribution is 1.74. The number of hydrogen-bond donors (Lipinski definition) is 4. The average Bonchev–Trinajstić information content (AvgIpc) is 1.98. The number of aliphatic hydroxyl groups excluding tert-OH is 1. The summed E-state index contributed by atoms with van der Waals surface area (Å²) in [6, 6.07) is 0. The first-order valence-electron chi connectivity index (χ1n) is 3.09. The molecule has 0 aliphatic carbocycles. The first-order chi connectivity index (χ1) is 4.81. The van der Waals surface area contributed by atoms with E-state index in [1.807, 2.05) is 0 Å². The topological polar surface area (TPSA) is 90.9 Å². The number of oxime groups is 1. The zero-order chi connectivity index (χ0) is 7.82. The molecule has 0 aromatic carbocycles. The maximum absolute atomic E-state index is 8.32. The summed E-state index contributed by atoms with van der Waals surface area (Å²) in [4.78, 5) is 0. The van der Waals surface area contributed by atoms with E-state index in [9.17, 15) is 0 Å². The molecule has 60 valence electrons. The van der Waals surface area contributed by atoms with Crippen LogP contribution in [0.4, 0.5) is 0 Å². The van der Waals surface area contributed by atoms with Crippen molar-refractivity contribution in [3.63, 3.8) is 0 Å². The van der Waals surface area contributed by atoms with Gasteiger partial charge in [0.05, 0.1) is 6.61 Å². The summed E-state index contributed by atoms with van der Waals surface area (Å²) in [5, 5.41) is 22.0. The third-order valence-electron chi connectivity index (χ3n) is 0.975. The van der Waals surface area contributed by atoms with Crippen LogP contribution in [0.2, 0.25) is 0 Å². The molecular weight excluding hydrogens is 134 g/mol. The van der Waals surface area contributed by atoms with Crippen molar-refractivity contribution in [2.75, 3.05) is 19.7 Å². The maximum Gasteiger partial charge on any atom is 0.140 e. The van der Waals surface area contributed by atoms with Crippen LogP contribution in [0.5, 0.6) is 0 Å². The van der Waals surface area contributed by atoms with E-state index >= 15 is 0 Å². The second-order valence-corrected chi connectivity index (χ2v) is 1.81. The minimum absolute atomic E-state index is 0.107. The van der Waals surface area contributed by atoms with Crippen LogP contribution < -0.4 is 11.1 Å². The Bertz CT molecular complexity index is 105. The zero-order valence-corrected chi connectivity index (χ0v) is 5.75. The largest absolute Gasteiger partial charge is 0.409 e. The molecule has 5 heteroatoms. The molecule has 0 aliphatic rings. The number of rotatable bonds is 5. The summed E-state index contributed by atoms with van der Waals surface area (Å²) in [5.74, 6) is 0.199. The van der Waals surface area contributed by atoms with Crippen LogP contribution in [0.1, 0.15) is 6.42 Å². The van der Waals surface area contributed by atoms with E-state index in [2.05, 4.69) is 10.5 Å². The fourth-order valence-electron chi connectivity index (χ4n) is 0.471. The van der Waals surface area contributed by atoms with Gasteiger partial charge in [-0.25, -0.2) is 0 Å². The van der Waals surface area contributed by atoms with Gasteiger partial charge in [0.15, 0.2) is 0 Å². The van der Waals surface area contributed by atoms with Crippen molar-refractivity contribution in [1.82, 2.24) is 5.32 Å². The summed E-state index contributed by atoms with van der Waals surface area (Å²) in [5.41, 5.74) is 5.15. The third kappa shape index (κ3) is 5.33. The first-order valence-corrected chi connectivity index (χ1v) is 3.09. The quantitative estimate of drug-likeness (QED) is 0.128. The van der Waals surface area contributed by atoms with Gasteiger partial charge in [-0.3, -0.25) is 0 Å². The Morgan fingerprint density at radius 2 is 2.20 bits per heavy atom. The summed E-state index contributed by atoms with van der Waals surface area (Å²) >= 11 is 0. The van der Waals surface area contributed by atoms with Gasteiger partial charge in [-0.15, -0.1) is 0 Å². The second kappa shape index (κ2) is 6.31. The Kier molecular flexibility index (Phi) is 5.80. The van der Waals surface area contributed by atoms with E-state index in [4.69, 9.17) is 16.0 Å². The molecule has 0 saturated heterocycles. The highest BCUT2D eigenvalue weighted by atomic mass is 16.4. The van der Waals surface area contributed by atoms with Crippen LogP contribution in [0.3, 0.4) is 0 Å². The van der Waals surface area contributed by atoms with Crippen molar-refractivity contribution < 1.29 is 10.3 Å². The highest BCUT2D eigenvalue weighted by molar-refractivity contribution is 5.79. The van der Waals surface area contributed by atoms with Crippen molar-refractivity contribution in [1.29, 1.82) is 0 Å². The van der Waals surface area contributed by atoms with Gasteiger partial charge in [-0.2, -0.15) is 0 Å². The fourth-order valence-corrected chi connectivity index (χ4v) is 0.471. The Morgan fingerprint density at radius 1 is 1.50 bits per heavy atom. The van der Waals surface area contributed by atoms with Gasteiger partial charge >= 0.3 is 0 Å². The molecule has 0 bridgehead atoms. The molecule has 0 amide bonds. The number of nitrogens with zero attached hydrogens (tertiary/aromatic N) is 1. The molecule has 0 aromatic rings. The Labute approximate surface area is 59.5 Å². The molecule has 5 nitrogen and oxygen atoms in total. The van der Waals surface area contributed by atoms with E-state index < -0.39 is 0 Å². The van der Waals surface area contributed by atoms with Crippen molar-refractivity contribution in [3.8, 4) is 0 Å². The van der Waals surface area contributed by atoms with Gasteiger partial charge in [0.25, 0.3) is 0 Å². The first kappa shape index (κ1) is 9.19. The highest BCUT2D eigenvalue weighted by Gasteiger charge is 1.90. The number of nitrogens with two attached hydrogens (primary N) is 1. The Morgan fingerprint density at radius 3 is 2.70 bits per heavy atom. The number of hydrogen-bond acceptors (Lipinski definition) is 4. The molecule has 0 saturated carbocycles. The fraction of sp³-hybridized carbons (Fsp3) is 0.800. The molecule has 0 atom stereocenters. The number of aliphatic hydroxyl groups is 1. The molecule has 0 heterocycles. The van der Waals surface area contributed by atoms with Crippen LogP contribution in [-0.2, 0) is 0 Å².